The number of likely N-dealkylation sites (N-methyl/N-ethyl adjacent to an activating group) is 1. The molecule has 0 radical (unpaired) electrons. The summed E-state index contributed by atoms with van der Waals surface area (Å²) < 4.78 is 6.51. The van der Waals surface area contributed by atoms with Gasteiger partial charge in [-0.25, -0.2) is 9.28 Å². The van der Waals surface area contributed by atoms with E-state index in [1.807, 2.05) is 48.5 Å². The molecular weight excluding hydrogens is 418 g/mol. The van der Waals surface area contributed by atoms with Crippen LogP contribution in [-0.4, -0.2) is 19.0 Å². The summed E-state index contributed by atoms with van der Waals surface area (Å²) in [7, 11) is 2.15. The lowest BCUT2D eigenvalue weighted by Crippen LogP contribution is -2.69. The molecule has 1 heterocycles. The van der Waals surface area contributed by atoms with E-state index < -0.39 is 0 Å². The molecule has 1 amide bonds. The highest BCUT2D eigenvalue weighted by molar-refractivity contribution is 5.98. The van der Waals surface area contributed by atoms with Crippen LogP contribution < -0.4 is 9.22 Å². The molecule has 34 heavy (non-hydrogen) atoms. The van der Waals surface area contributed by atoms with Crippen molar-refractivity contribution in [3.8, 4) is 11.5 Å². The van der Waals surface area contributed by atoms with Crippen LogP contribution in [0.25, 0.3) is 0 Å². The van der Waals surface area contributed by atoms with Gasteiger partial charge in [-0.15, -0.1) is 0 Å². The molecule has 3 saturated carbocycles. The van der Waals surface area contributed by atoms with Crippen molar-refractivity contribution in [2.75, 3.05) is 7.05 Å². The third kappa shape index (κ3) is 3.16. The number of para-hydroxylation sites is 1. The standard InChI is InChI=1S/C31H38NO2/c1-30-18-8-13-26(30)25-14-15-28-31(2,27(25)16-19-30)20-17-29(33)32(28,3)22-9-7-12-24(21-22)34-23-10-5-4-6-11-23/h4-7,9-12,17,20-21,25-28H,8,13-16,18-19H2,1-3H3/q+1/t25-,26-,27-,28+,30-,31+,32?/m0/s1. The van der Waals surface area contributed by atoms with Gasteiger partial charge >= 0.3 is 5.91 Å². The van der Waals surface area contributed by atoms with Gasteiger partial charge in [-0.2, -0.15) is 0 Å². The lowest BCUT2D eigenvalue weighted by atomic mass is 9.48. The van der Waals surface area contributed by atoms with Crippen molar-refractivity contribution in [2.45, 2.75) is 64.8 Å². The molecule has 178 valence electrons. The first-order valence-electron chi connectivity index (χ1n) is 13.3. The van der Waals surface area contributed by atoms with E-state index in [1.54, 1.807) is 0 Å². The van der Waals surface area contributed by atoms with Crippen LogP contribution in [0, 0.1) is 28.6 Å². The van der Waals surface area contributed by atoms with Crippen LogP contribution in [0.5, 0.6) is 11.5 Å². The van der Waals surface area contributed by atoms with Crippen LogP contribution in [0.2, 0.25) is 0 Å². The van der Waals surface area contributed by atoms with E-state index in [2.05, 4.69) is 39.1 Å². The third-order valence-corrected chi connectivity index (χ3v) is 10.5. The summed E-state index contributed by atoms with van der Waals surface area (Å²) in [6.45, 7) is 5.03. The van der Waals surface area contributed by atoms with E-state index in [-0.39, 0.29) is 17.4 Å². The molecule has 0 N–H and O–H groups in total. The summed E-state index contributed by atoms with van der Waals surface area (Å²) in [6, 6.07) is 18.4. The van der Waals surface area contributed by atoms with Gasteiger partial charge in [-0.05, 0) is 79.5 Å². The monoisotopic (exact) mass is 456 g/mol. The number of hydrogen-bond acceptors (Lipinski definition) is 2. The Bertz CT molecular complexity index is 1130. The Kier molecular flexibility index (Phi) is 5.08. The van der Waals surface area contributed by atoms with Crippen molar-refractivity contribution >= 4 is 11.6 Å². The Morgan fingerprint density at radius 3 is 2.50 bits per heavy atom. The quantitative estimate of drug-likeness (QED) is 0.447. The number of fused-ring (bicyclic) bond motifs is 5. The predicted octanol–water partition coefficient (Wildman–Crippen LogP) is 7.51. The van der Waals surface area contributed by atoms with Crippen molar-refractivity contribution in [3.63, 3.8) is 0 Å². The summed E-state index contributed by atoms with van der Waals surface area (Å²) in [5.74, 6) is 4.16. The van der Waals surface area contributed by atoms with Gasteiger partial charge < -0.3 is 4.74 Å². The van der Waals surface area contributed by atoms with E-state index >= 15 is 0 Å². The van der Waals surface area contributed by atoms with Crippen LogP contribution in [-0.2, 0) is 4.79 Å². The van der Waals surface area contributed by atoms with Crippen LogP contribution >= 0.6 is 0 Å². The maximum absolute atomic E-state index is 13.6. The molecule has 0 aromatic heterocycles. The second-order valence-corrected chi connectivity index (χ2v) is 12.1. The fraction of sp³-hybridized carbons (Fsp3) is 0.516. The van der Waals surface area contributed by atoms with E-state index in [1.165, 1.54) is 38.5 Å². The van der Waals surface area contributed by atoms with Crippen LogP contribution in [0.1, 0.15) is 58.8 Å². The molecule has 4 aliphatic rings. The van der Waals surface area contributed by atoms with E-state index in [0.29, 0.717) is 15.8 Å². The van der Waals surface area contributed by atoms with Gasteiger partial charge in [0, 0.05) is 24.0 Å². The molecule has 3 fully saturated rings. The highest BCUT2D eigenvalue weighted by Gasteiger charge is 2.63. The first-order chi connectivity index (χ1) is 16.3. The first kappa shape index (κ1) is 22.1. The Morgan fingerprint density at radius 1 is 0.882 bits per heavy atom. The lowest BCUT2D eigenvalue weighted by Gasteiger charge is -2.60. The van der Waals surface area contributed by atoms with Gasteiger partial charge in [-0.1, -0.05) is 50.6 Å². The predicted molar refractivity (Wildman–Crippen MR) is 138 cm³/mol. The van der Waals surface area contributed by atoms with Crippen LogP contribution in [0.3, 0.4) is 0 Å². The van der Waals surface area contributed by atoms with Crippen molar-refractivity contribution in [2.24, 2.45) is 28.6 Å². The molecule has 6 rings (SSSR count). The molecule has 0 bridgehead atoms. The van der Waals surface area contributed by atoms with Crippen LogP contribution in [0.4, 0.5) is 5.69 Å². The lowest BCUT2D eigenvalue weighted by molar-refractivity contribution is -0.136. The van der Waals surface area contributed by atoms with Crippen molar-refractivity contribution < 1.29 is 9.53 Å². The molecule has 7 atom stereocenters. The molecule has 3 nitrogen and oxygen atoms in total. The Labute approximate surface area is 204 Å². The summed E-state index contributed by atoms with van der Waals surface area (Å²) >= 11 is 0. The smallest absolute Gasteiger partial charge is 0.343 e. The number of amides is 1. The number of ether oxygens (including phenoxy) is 1. The molecule has 3 aliphatic carbocycles. The number of carbonyl (C=O) groups is 1. The molecule has 2 aromatic carbocycles. The minimum Gasteiger partial charge on any atom is -0.457 e. The minimum atomic E-state index is 0.0474. The maximum Gasteiger partial charge on any atom is 0.343 e. The van der Waals surface area contributed by atoms with E-state index in [0.717, 1.165) is 35.4 Å². The molecule has 3 heteroatoms. The van der Waals surface area contributed by atoms with Gasteiger partial charge in [0.15, 0.2) is 0 Å². The average molecular weight is 457 g/mol. The summed E-state index contributed by atoms with van der Waals surface area (Å²) in [5.41, 5.74) is 1.64. The molecule has 0 saturated heterocycles. The second-order valence-electron chi connectivity index (χ2n) is 12.1. The highest BCUT2D eigenvalue weighted by Crippen LogP contribution is 2.64. The highest BCUT2D eigenvalue weighted by atomic mass is 16.5. The second kappa shape index (κ2) is 7.81. The maximum atomic E-state index is 13.6. The van der Waals surface area contributed by atoms with Gasteiger partial charge in [-0.3, -0.25) is 0 Å². The number of carbonyl (C=O) groups excluding carboxylic acids is 1. The Hall–Kier alpha value is -2.39. The first-order valence-corrected chi connectivity index (χ1v) is 13.3. The number of benzene rings is 2. The zero-order valence-corrected chi connectivity index (χ0v) is 20.9. The third-order valence-electron chi connectivity index (χ3n) is 10.5. The largest absolute Gasteiger partial charge is 0.457 e. The van der Waals surface area contributed by atoms with Gasteiger partial charge in [0.25, 0.3) is 0 Å². The number of hydrogen-bond donors (Lipinski definition) is 0. The zero-order chi connectivity index (χ0) is 23.6. The van der Waals surface area contributed by atoms with Crippen molar-refractivity contribution in [1.29, 1.82) is 0 Å². The SMILES string of the molecule is C[C@@]12CCC[C@H]1[C@@H]1CC[C@@H]3[C@](C)(C=CC(=O)[N+]3(C)c3cccc(Oc4ccccc4)c3)[C@H]1CC2. The number of rotatable bonds is 3. The van der Waals surface area contributed by atoms with E-state index in [4.69, 9.17) is 4.74 Å². The van der Waals surface area contributed by atoms with Crippen molar-refractivity contribution in [1.82, 2.24) is 4.48 Å². The van der Waals surface area contributed by atoms with Crippen LogP contribution in [0.15, 0.2) is 66.7 Å². The van der Waals surface area contributed by atoms with Crippen molar-refractivity contribution in [3.05, 3.63) is 66.7 Å². The summed E-state index contributed by atoms with van der Waals surface area (Å²) in [5, 5.41) is 0. The Balaban J connectivity index is 1.36. The summed E-state index contributed by atoms with van der Waals surface area (Å²) in [6.07, 6.45) is 13.5. The summed E-state index contributed by atoms with van der Waals surface area (Å²) in [4.78, 5) is 13.6. The van der Waals surface area contributed by atoms with E-state index in [9.17, 15) is 4.79 Å². The zero-order valence-electron chi connectivity index (χ0n) is 20.9. The molecule has 1 aliphatic heterocycles. The molecular formula is C31H38NO2+. The molecule has 1 unspecified atom stereocenters. The van der Waals surface area contributed by atoms with Gasteiger partial charge in [0.1, 0.15) is 23.2 Å². The van der Waals surface area contributed by atoms with Gasteiger partial charge in [0.2, 0.25) is 0 Å². The topological polar surface area (TPSA) is 26.3 Å². The normalized spacial score (nSPS) is 40.9. The molecule has 2 aromatic rings. The molecule has 0 spiro atoms. The number of nitrogens with zero attached hydrogens (tertiary/aromatic N) is 1. The fourth-order valence-electron chi connectivity index (χ4n) is 8.74. The number of quaternary nitrogens is 1. The average Bonchev–Trinajstić information content (AvgIpc) is 3.24. The minimum absolute atomic E-state index is 0.0474. The van der Waals surface area contributed by atoms with Gasteiger partial charge in [0.05, 0.1) is 7.05 Å². The fourth-order valence-corrected chi connectivity index (χ4v) is 8.74. The Morgan fingerprint density at radius 2 is 1.68 bits per heavy atom.